The number of methoxy groups -OCH3 is 1. The van der Waals surface area contributed by atoms with Crippen molar-refractivity contribution in [2.75, 3.05) is 20.3 Å². The predicted molar refractivity (Wildman–Crippen MR) is 93.7 cm³/mol. The first-order chi connectivity index (χ1) is 12.7. The van der Waals surface area contributed by atoms with Gasteiger partial charge in [-0.25, -0.2) is 9.59 Å². The van der Waals surface area contributed by atoms with E-state index >= 15 is 0 Å². The SMILES string of the molecule is COc1ccc(C(=O)Oc2cccc(C(=O)OCC3CCCO3)c2)cc1. The summed E-state index contributed by atoms with van der Waals surface area (Å²) in [7, 11) is 1.55. The number of rotatable bonds is 6. The zero-order chi connectivity index (χ0) is 18.4. The first-order valence-corrected chi connectivity index (χ1v) is 8.41. The van der Waals surface area contributed by atoms with E-state index in [2.05, 4.69) is 0 Å². The number of esters is 2. The molecule has 1 atom stereocenters. The first kappa shape index (κ1) is 17.9. The average Bonchev–Trinajstić information content (AvgIpc) is 3.20. The Morgan fingerprint density at radius 2 is 1.85 bits per heavy atom. The lowest BCUT2D eigenvalue weighted by atomic mass is 10.2. The maximum Gasteiger partial charge on any atom is 0.343 e. The molecule has 136 valence electrons. The van der Waals surface area contributed by atoms with E-state index in [1.54, 1.807) is 49.6 Å². The third-order valence-corrected chi connectivity index (χ3v) is 4.03. The Morgan fingerprint density at radius 1 is 1.04 bits per heavy atom. The van der Waals surface area contributed by atoms with Crippen LogP contribution in [-0.2, 0) is 9.47 Å². The van der Waals surface area contributed by atoms with Crippen molar-refractivity contribution in [3.63, 3.8) is 0 Å². The molecule has 0 aromatic heterocycles. The van der Waals surface area contributed by atoms with Gasteiger partial charge in [-0.05, 0) is 55.3 Å². The maximum absolute atomic E-state index is 12.2. The van der Waals surface area contributed by atoms with Crippen LogP contribution in [0.4, 0.5) is 0 Å². The van der Waals surface area contributed by atoms with Gasteiger partial charge in [0.25, 0.3) is 0 Å². The molecule has 2 aromatic rings. The third kappa shape index (κ3) is 4.61. The molecule has 0 radical (unpaired) electrons. The van der Waals surface area contributed by atoms with Crippen LogP contribution < -0.4 is 9.47 Å². The minimum Gasteiger partial charge on any atom is -0.497 e. The van der Waals surface area contributed by atoms with E-state index < -0.39 is 11.9 Å². The predicted octanol–water partition coefficient (Wildman–Crippen LogP) is 3.25. The third-order valence-electron chi connectivity index (χ3n) is 4.03. The van der Waals surface area contributed by atoms with Gasteiger partial charge in [0.2, 0.25) is 0 Å². The van der Waals surface area contributed by atoms with Gasteiger partial charge < -0.3 is 18.9 Å². The van der Waals surface area contributed by atoms with Crippen molar-refractivity contribution in [3.05, 3.63) is 59.7 Å². The number of ether oxygens (including phenoxy) is 4. The van der Waals surface area contributed by atoms with E-state index in [1.807, 2.05) is 0 Å². The zero-order valence-corrected chi connectivity index (χ0v) is 14.5. The van der Waals surface area contributed by atoms with Crippen LogP contribution >= 0.6 is 0 Å². The van der Waals surface area contributed by atoms with Gasteiger partial charge in [-0.1, -0.05) is 6.07 Å². The molecule has 1 aliphatic rings. The highest BCUT2D eigenvalue weighted by Gasteiger charge is 2.18. The highest BCUT2D eigenvalue weighted by Crippen LogP contribution is 2.18. The van der Waals surface area contributed by atoms with Gasteiger partial charge in [0, 0.05) is 6.61 Å². The van der Waals surface area contributed by atoms with E-state index in [4.69, 9.17) is 18.9 Å². The summed E-state index contributed by atoms with van der Waals surface area (Å²) < 4.78 is 21.1. The number of carbonyl (C=O) groups is 2. The summed E-state index contributed by atoms with van der Waals surface area (Å²) in [6.07, 6.45) is 1.85. The van der Waals surface area contributed by atoms with E-state index in [0.717, 1.165) is 12.8 Å². The van der Waals surface area contributed by atoms with Crippen LogP contribution in [0.1, 0.15) is 33.6 Å². The van der Waals surface area contributed by atoms with Crippen molar-refractivity contribution in [1.29, 1.82) is 0 Å². The normalized spacial score (nSPS) is 16.1. The summed E-state index contributed by atoms with van der Waals surface area (Å²) >= 11 is 0. The largest absolute Gasteiger partial charge is 0.497 e. The van der Waals surface area contributed by atoms with Gasteiger partial charge in [-0.2, -0.15) is 0 Å². The summed E-state index contributed by atoms with van der Waals surface area (Å²) in [6, 6.07) is 12.9. The second-order valence-corrected chi connectivity index (χ2v) is 5.88. The Bertz CT molecular complexity index is 762. The van der Waals surface area contributed by atoms with Crippen molar-refractivity contribution in [1.82, 2.24) is 0 Å². The van der Waals surface area contributed by atoms with Crippen LogP contribution in [0.2, 0.25) is 0 Å². The quantitative estimate of drug-likeness (QED) is 0.584. The van der Waals surface area contributed by atoms with E-state index in [0.29, 0.717) is 23.5 Å². The molecule has 1 aliphatic heterocycles. The van der Waals surface area contributed by atoms with Crippen LogP contribution in [0.25, 0.3) is 0 Å². The molecule has 2 aromatic carbocycles. The molecule has 1 unspecified atom stereocenters. The van der Waals surface area contributed by atoms with E-state index in [1.165, 1.54) is 6.07 Å². The van der Waals surface area contributed by atoms with Crippen molar-refractivity contribution < 1.29 is 28.5 Å². The van der Waals surface area contributed by atoms with Crippen molar-refractivity contribution >= 4 is 11.9 Å². The Morgan fingerprint density at radius 3 is 2.54 bits per heavy atom. The Balaban J connectivity index is 1.60. The molecule has 0 spiro atoms. The van der Waals surface area contributed by atoms with Gasteiger partial charge in [-0.15, -0.1) is 0 Å². The van der Waals surface area contributed by atoms with Gasteiger partial charge in [0.15, 0.2) is 0 Å². The monoisotopic (exact) mass is 356 g/mol. The summed E-state index contributed by atoms with van der Waals surface area (Å²) in [5, 5.41) is 0. The molecule has 26 heavy (non-hydrogen) atoms. The first-order valence-electron chi connectivity index (χ1n) is 8.41. The average molecular weight is 356 g/mol. The lowest BCUT2D eigenvalue weighted by Gasteiger charge is -2.11. The Kier molecular flexibility index (Phi) is 5.86. The number of carbonyl (C=O) groups excluding carboxylic acids is 2. The fourth-order valence-corrected chi connectivity index (χ4v) is 2.61. The second-order valence-electron chi connectivity index (χ2n) is 5.88. The minimum absolute atomic E-state index is 0.0324. The van der Waals surface area contributed by atoms with Crippen molar-refractivity contribution in [3.8, 4) is 11.5 Å². The van der Waals surface area contributed by atoms with Crippen molar-refractivity contribution in [2.45, 2.75) is 18.9 Å². The molecule has 0 amide bonds. The highest BCUT2D eigenvalue weighted by molar-refractivity contribution is 5.92. The Hall–Kier alpha value is -2.86. The molecule has 0 bridgehead atoms. The second kappa shape index (κ2) is 8.49. The van der Waals surface area contributed by atoms with Crippen LogP contribution in [0, 0.1) is 0 Å². The van der Waals surface area contributed by atoms with Crippen LogP contribution in [0.15, 0.2) is 48.5 Å². The lowest BCUT2D eigenvalue weighted by Crippen LogP contribution is -2.18. The van der Waals surface area contributed by atoms with E-state index in [9.17, 15) is 9.59 Å². The molecule has 0 aliphatic carbocycles. The van der Waals surface area contributed by atoms with Crippen molar-refractivity contribution in [2.24, 2.45) is 0 Å². The maximum atomic E-state index is 12.2. The topological polar surface area (TPSA) is 71.1 Å². The molecule has 0 N–H and O–H groups in total. The van der Waals surface area contributed by atoms with Gasteiger partial charge in [-0.3, -0.25) is 0 Å². The molecular weight excluding hydrogens is 336 g/mol. The molecule has 1 fully saturated rings. The zero-order valence-electron chi connectivity index (χ0n) is 14.5. The summed E-state index contributed by atoms with van der Waals surface area (Å²) in [5.74, 6) is -0.0599. The fraction of sp³-hybridized carbons (Fsp3) is 0.300. The molecule has 0 saturated carbocycles. The van der Waals surface area contributed by atoms with Crippen LogP contribution in [0.3, 0.4) is 0 Å². The van der Waals surface area contributed by atoms with Gasteiger partial charge in [0.05, 0.1) is 24.3 Å². The molecule has 1 saturated heterocycles. The molecule has 6 nitrogen and oxygen atoms in total. The highest BCUT2D eigenvalue weighted by atomic mass is 16.6. The standard InChI is InChI=1S/C20H20O6/c1-23-16-9-7-14(8-10-16)20(22)26-17-5-2-4-15(12-17)19(21)25-13-18-6-3-11-24-18/h2,4-5,7-10,12,18H,3,6,11,13H2,1H3. The summed E-state index contributed by atoms with van der Waals surface area (Å²) in [4.78, 5) is 24.3. The van der Waals surface area contributed by atoms with Crippen LogP contribution in [0.5, 0.6) is 11.5 Å². The van der Waals surface area contributed by atoms with Gasteiger partial charge in [0.1, 0.15) is 18.1 Å². The van der Waals surface area contributed by atoms with Gasteiger partial charge >= 0.3 is 11.9 Å². The number of benzene rings is 2. The lowest BCUT2D eigenvalue weighted by molar-refractivity contribution is 0.0161. The summed E-state index contributed by atoms with van der Waals surface area (Å²) in [6.45, 7) is 0.938. The fourth-order valence-electron chi connectivity index (χ4n) is 2.61. The Labute approximate surface area is 151 Å². The molecule has 1 heterocycles. The van der Waals surface area contributed by atoms with Crippen LogP contribution in [-0.4, -0.2) is 38.4 Å². The van der Waals surface area contributed by atoms with E-state index in [-0.39, 0.29) is 18.5 Å². The molecule has 3 rings (SSSR count). The summed E-state index contributed by atoms with van der Waals surface area (Å²) in [5.41, 5.74) is 0.709. The smallest absolute Gasteiger partial charge is 0.343 e. The number of hydrogen-bond donors (Lipinski definition) is 0. The number of hydrogen-bond acceptors (Lipinski definition) is 6. The molecular formula is C20H20O6. The minimum atomic E-state index is -0.516. The molecule has 6 heteroatoms.